The smallest absolute Gasteiger partial charge is 0.224 e. The molecule has 3 heteroatoms. The maximum absolute atomic E-state index is 12.0. The molecule has 0 aromatic carbocycles. The van der Waals surface area contributed by atoms with Crippen molar-refractivity contribution in [3.8, 4) is 0 Å². The van der Waals surface area contributed by atoms with Crippen LogP contribution in [-0.4, -0.2) is 23.2 Å². The largest absolute Gasteiger partial charge is 0.394 e. The molecule has 3 nitrogen and oxygen atoms in total. The van der Waals surface area contributed by atoms with Gasteiger partial charge in [-0.2, -0.15) is 0 Å². The SMILES string of the molecule is O=C(NC1(CO)CC1)C1C2CCCCC21. The van der Waals surface area contributed by atoms with Crippen LogP contribution in [0.15, 0.2) is 0 Å². The summed E-state index contributed by atoms with van der Waals surface area (Å²) >= 11 is 0. The molecule has 0 bridgehead atoms. The summed E-state index contributed by atoms with van der Waals surface area (Å²) in [5.74, 6) is 1.86. The molecule has 1 amide bonds. The molecule has 3 aliphatic rings. The predicted molar refractivity (Wildman–Crippen MR) is 56.1 cm³/mol. The number of hydrogen-bond acceptors (Lipinski definition) is 2. The van der Waals surface area contributed by atoms with E-state index in [0.717, 1.165) is 12.8 Å². The summed E-state index contributed by atoms with van der Waals surface area (Å²) in [6.07, 6.45) is 7.00. The molecule has 2 atom stereocenters. The van der Waals surface area contributed by atoms with Crippen LogP contribution in [0.25, 0.3) is 0 Å². The van der Waals surface area contributed by atoms with E-state index in [1.807, 2.05) is 0 Å². The molecular formula is C12H19NO2. The standard InChI is InChI=1S/C12H19NO2/c14-7-12(5-6-12)13-11(15)10-8-3-1-2-4-9(8)10/h8-10,14H,1-7H2,(H,13,15). The molecule has 0 aromatic heterocycles. The summed E-state index contributed by atoms with van der Waals surface area (Å²) in [5.41, 5.74) is -0.219. The van der Waals surface area contributed by atoms with Crippen molar-refractivity contribution >= 4 is 5.91 Å². The average molecular weight is 209 g/mol. The van der Waals surface area contributed by atoms with Gasteiger partial charge in [0.05, 0.1) is 12.1 Å². The van der Waals surface area contributed by atoms with Gasteiger partial charge < -0.3 is 10.4 Å². The highest BCUT2D eigenvalue weighted by molar-refractivity contribution is 5.83. The zero-order valence-electron chi connectivity index (χ0n) is 9.04. The Morgan fingerprint density at radius 2 is 1.87 bits per heavy atom. The molecule has 15 heavy (non-hydrogen) atoms. The number of aliphatic hydroxyl groups is 1. The van der Waals surface area contributed by atoms with E-state index in [1.165, 1.54) is 25.7 Å². The van der Waals surface area contributed by atoms with Crippen LogP contribution in [0.5, 0.6) is 0 Å². The number of amides is 1. The number of rotatable bonds is 3. The van der Waals surface area contributed by atoms with Gasteiger partial charge in [-0.05, 0) is 37.5 Å². The molecule has 2 N–H and O–H groups in total. The van der Waals surface area contributed by atoms with Crippen molar-refractivity contribution < 1.29 is 9.90 Å². The van der Waals surface area contributed by atoms with E-state index >= 15 is 0 Å². The Balaban J connectivity index is 1.57. The summed E-state index contributed by atoms with van der Waals surface area (Å²) in [4.78, 5) is 12.0. The summed E-state index contributed by atoms with van der Waals surface area (Å²) in [7, 11) is 0. The lowest BCUT2D eigenvalue weighted by atomic mass is 10.0. The van der Waals surface area contributed by atoms with Gasteiger partial charge >= 0.3 is 0 Å². The summed E-state index contributed by atoms with van der Waals surface area (Å²) in [5, 5.41) is 12.2. The fraction of sp³-hybridized carbons (Fsp3) is 0.917. The third kappa shape index (κ3) is 1.57. The maximum atomic E-state index is 12.0. The van der Waals surface area contributed by atoms with Gasteiger partial charge in [0.15, 0.2) is 0 Å². The molecule has 84 valence electrons. The van der Waals surface area contributed by atoms with E-state index in [-0.39, 0.29) is 24.0 Å². The summed E-state index contributed by atoms with van der Waals surface area (Å²) < 4.78 is 0. The van der Waals surface area contributed by atoms with Crippen LogP contribution in [-0.2, 0) is 4.79 Å². The first kappa shape index (κ1) is 9.64. The van der Waals surface area contributed by atoms with Gasteiger partial charge in [0.2, 0.25) is 5.91 Å². The second-order valence-electron chi connectivity index (χ2n) is 5.57. The maximum Gasteiger partial charge on any atom is 0.224 e. The molecule has 3 aliphatic carbocycles. The van der Waals surface area contributed by atoms with Crippen molar-refractivity contribution in [3.05, 3.63) is 0 Å². The second kappa shape index (κ2) is 3.21. The molecule has 0 heterocycles. The van der Waals surface area contributed by atoms with Crippen molar-refractivity contribution in [2.24, 2.45) is 17.8 Å². The van der Waals surface area contributed by atoms with Crippen molar-refractivity contribution in [2.45, 2.75) is 44.1 Å². The van der Waals surface area contributed by atoms with Crippen LogP contribution < -0.4 is 5.32 Å². The molecular weight excluding hydrogens is 190 g/mol. The van der Waals surface area contributed by atoms with Gasteiger partial charge in [0, 0.05) is 5.92 Å². The molecule has 0 spiro atoms. The Morgan fingerprint density at radius 1 is 1.27 bits per heavy atom. The van der Waals surface area contributed by atoms with E-state index in [2.05, 4.69) is 5.32 Å². The Hall–Kier alpha value is -0.570. The minimum atomic E-state index is -0.219. The molecule has 3 fully saturated rings. The summed E-state index contributed by atoms with van der Waals surface area (Å²) in [6, 6.07) is 0. The van der Waals surface area contributed by atoms with E-state index in [1.54, 1.807) is 0 Å². The molecule has 3 saturated carbocycles. The fourth-order valence-electron chi connectivity index (χ4n) is 3.20. The zero-order chi connectivity index (χ0) is 10.5. The highest BCUT2D eigenvalue weighted by atomic mass is 16.3. The Morgan fingerprint density at radius 3 is 2.33 bits per heavy atom. The van der Waals surface area contributed by atoms with Gasteiger partial charge in [-0.25, -0.2) is 0 Å². The zero-order valence-corrected chi connectivity index (χ0v) is 9.04. The minimum Gasteiger partial charge on any atom is -0.394 e. The molecule has 0 aromatic rings. The quantitative estimate of drug-likeness (QED) is 0.730. The number of carbonyl (C=O) groups is 1. The highest BCUT2D eigenvalue weighted by Crippen LogP contribution is 2.55. The van der Waals surface area contributed by atoms with Crippen LogP contribution >= 0.6 is 0 Å². The normalized spacial score (nSPS) is 40.5. The summed E-state index contributed by atoms with van der Waals surface area (Å²) in [6.45, 7) is 0.112. The molecule has 0 saturated heterocycles. The van der Waals surface area contributed by atoms with Gasteiger partial charge in [-0.15, -0.1) is 0 Å². The van der Waals surface area contributed by atoms with Crippen LogP contribution in [0.4, 0.5) is 0 Å². The van der Waals surface area contributed by atoms with Crippen LogP contribution in [0.2, 0.25) is 0 Å². The Kier molecular flexibility index (Phi) is 2.06. The van der Waals surface area contributed by atoms with Crippen LogP contribution in [0, 0.1) is 17.8 Å². The van der Waals surface area contributed by atoms with Crippen molar-refractivity contribution in [1.82, 2.24) is 5.32 Å². The first-order chi connectivity index (χ1) is 7.26. The number of aliphatic hydroxyl groups excluding tert-OH is 1. The van der Waals surface area contributed by atoms with Crippen molar-refractivity contribution in [2.75, 3.05) is 6.61 Å². The average Bonchev–Trinajstić information content (AvgIpc) is 3.11. The second-order valence-corrected chi connectivity index (χ2v) is 5.57. The Labute approximate surface area is 90.2 Å². The molecule has 3 rings (SSSR count). The van der Waals surface area contributed by atoms with Crippen LogP contribution in [0.1, 0.15) is 38.5 Å². The number of nitrogens with one attached hydrogen (secondary N) is 1. The van der Waals surface area contributed by atoms with E-state index in [9.17, 15) is 4.79 Å². The third-order valence-electron chi connectivity index (χ3n) is 4.50. The topological polar surface area (TPSA) is 49.3 Å². The lowest BCUT2D eigenvalue weighted by molar-refractivity contribution is -0.124. The first-order valence-electron chi connectivity index (χ1n) is 6.19. The lowest BCUT2D eigenvalue weighted by Gasteiger charge is -2.14. The number of carbonyl (C=O) groups excluding carboxylic acids is 1. The highest BCUT2D eigenvalue weighted by Gasteiger charge is 2.56. The van der Waals surface area contributed by atoms with Crippen molar-refractivity contribution in [3.63, 3.8) is 0 Å². The van der Waals surface area contributed by atoms with E-state index in [4.69, 9.17) is 5.11 Å². The Bertz CT molecular complexity index is 273. The number of hydrogen-bond donors (Lipinski definition) is 2. The van der Waals surface area contributed by atoms with Gasteiger partial charge in [0.25, 0.3) is 0 Å². The first-order valence-corrected chi connectivity index (χ1v) is 6.19. The minimum absolute atomic E-state index is 0.112. The lowest BCUT2D eigenvalue weighted by Crippen LogP contribution is -2.40. The fourth-order valence-corrected chi connectivity index (χ4v) is 3.20. The monoisotopic (exact) mass is 209 g/mol. The van der Waals surface area contributed by atoms with E-state index in [0.29, 0.717) is 11.8 Å². The predicted octanol–water partition coefficient (Wildman–Crippen LogP) is 1.06. The van der Waals surface area contributed by atoms with E-state index < -0.39 is 0 Å². The van der Waals surface area contributed by atoms with Gasteiger partial charge in [-0.3, -0.25) is 4.79 Å². The number of fused-ring (bicyclic) bond motifs is 1. The third-order valence-corrected chi connectivity index (χ3v) is 4.50. The van der Waals surface area contributed by atoms with Crippen LogP contribution in [0.3, 0.4) is 0 Å². The van der Waals surface area contributed by atoms with Gasteiger partial charge in [0.1, 0.15) is 0 Å². The van der Waals surface area contributed by atoms with Crippen molar-refractivity contribution in [1.29, 1.82) is 0 Å². The van der Waals surface area contributed by atoms with Gasteiger partial charge in [-0.1, -0.05) is 12.8 Å². The molecule has 0 radical (unpaired) electrons. The molecule has 2 unspecified atom stereocenters. The molecule has 0 aliphatic heterocycles.